The molecule has 2 rings (SSSR count). The number of aliphatic carboxylic acids is 1. The highest BCUT2D eigenvalue weighted by Crippen LogP contribution is 2.27. The lowest BCUT2D eigenvalue weighted by Crippen LogP contribution is -2.39. The number of amides is 1. The van der Waals surface area contributed by atoms with Crippen LogP contribution in [-0.2, 0) is 9.59 Å². The fourth-order valence-electron chi connectivity index (χ4n) is 2.64. The first kappa shape index (κ1) is 15.3. The maximum Gasteiger partial charge on any atom is 0.307 e. The highest BCUT2D eigenvalue weighted by atomic mass is 16.4. The van der Waals surface area contributed by atoms with Crippen LogP contribution in [0.2, 0.25) is 0 Å². The fraction of sp³-hybridized carbons (Fsp3) is 0.412. The van der Waals surface area contributed by atoms with Gasteiger partial charge in [-0.2, -0.15) is 0 Å². The molecule has 2 N–H and O–H groups in total. The summed E-state index contributed by atoms with van der Waals surface area (Å²) < 4.78 is 0. The molecule has 0 heterocycles. The quantitative estimate of drug-likeness (QED) is 0.837. The zero-order valence-corrected chi connectivity index (χ0v) is 12.4. The molecule has 0 aliphatic heterocycles. The molecule has 1 aromatic rings. The van der Waals surface area contributed by atoms with Crippen molar-refractivity contribution in [3.05, 3.63) is 47.5 Å². The van der Waals surface area contributed by atoms with Gasteiger partial charge in [0.25, 0.3) is 0 Å². The van der Waals surface area contributed by atoms with E-state index in [0.29, 0.717) is 12.8 Å². The van der Waals surface area contributed by atoms with E-state index < -0.39 is 17.8 Å². The lowest BCUT2D eigenvalue weighted by molar-refractivity contribution is -0.147. The van der Waals surface area contributed by atoms with Crippen molar-refractivity contribution in [1.29, 1.82) is 0 Å². The van der Waals surface area contributed by atoms with Crippen LogP contribution < -0.4 is 5.32 Å². The molecule has 0 spiro atoms. The van der Waals surface area contributed by atoms with Crippen LogP contribution in [0.5, 0.6) is 0 Å². The molecule has 3 atom stereocenters. The van der Waals surface area contributed by atoms with Gasteiger partial charge in [0.1, 0.15) is 0 Å². The van der Waals surface area contributed by atoms with Gasteiger partial charge < -0.3 is 10.4 Å². The molecular weight excluding hydrogens is 266 g/mol. The van der Waals surface area contributed by atoms with Crippen LogP contribution in [0.1, 0.15) is 36.9 Å². The Morgan fingerprint density at radius 2 is 1.71 bits per heavy atom. The molecule has 0 saturated carbocycles. The zero-order valence-electron chi connectivity index (χ0n) is 12.4. The summed E-state index contributed by atoms with van der Waals surface area (Å²) in [5, 5.41) is 12.2. The molecule has 1 aromatic carbocycles. The van der Waals surface area contributed by atoms with Gasteiger partial charge >= 0.3 is 5.97 Å². The van der Waals surface area contributed by atoms with Crippen molar-refractivity contribution in [3.8, 4) is 0 Å². The topological polar surface area (TPSA) is 66.4 Å². The van der Waals surface area contributed by atoms with Crippen molar-refractivity contribution in [2.24, 2.45) is 11.8 Å². The van der Waals surface area contributed by atoms with E-state index in [4.69, 9.17) is 0 Å². The summed E-state index contributed by atoms with van der Waals surface area (Å²) >= 11 is 0. The Labute approximate surface area is 124 Å². The van der Waals surface area contributed by atoms with Crippen LogP contribution in [0.25, 0.3) is 0 Å². The molecule has 4 heteroatoms. The van der Waals surface area contributed by atoms with Gasteiger partial charge in [0.15, 0.2) is 0 Å². The van der Waals surface area contributed by atoms with Crippen molar-refractivity contribution in [1.82, 2.24) is 5.32 Å². The summed E-state index contributed by atoms with van der Waals surface area (Å²) in [6, 6.07) is 7.84. The average molecular weight is 287 g/mol. The normalized spacial score (nSPS) is 22.6. The number of nitrogens with one attached hydrogen (secondary N) is 1. The molecule has 0 bridgehead atoms. The monoisotopic (exact) mass is 287 g/mol. The van der Waals surface area contributed by atoms with E-state index >= 15 is 0 Å². The number of carboxylic acid groups (broad SMARTS) is 1. The van der Waals surface area contributed by atoms with Crippen LogP contribution >= 0.6 is 0 Å². The largest absolute Gasteiger partial charge is 0.481 e. The van der Waals surface area contributed by atoms with Crippen LogP contribution in [-0.4, -0.2) is 17.0 Å². The Morgan fingerprint density at radius 1 is 1.14 bits per heavy atom. The van der Waals surface area contributed by atoms with Gasteiger partial charge in [0, 0.05) is 0 Å². The number of hydrogen-bond donors (Lipinski definition) is 2. The number of rotatable bonds is 4. The molecule has 4 nitrogen and oxygen atoms in total. The Kier molecular flexibility index (Phi) is 4.78. The molecule has 0 radical (unpaired) electrons. The Morgan fingerprint density at radius 3 is 2.29 bits per heavy atom. The molecule has 1 amide bonds. The van der Waals surface area contributed by atoms with Crippen LogP contribution in [0.3, 0.4) is 0 Å². The summed E-state index contributed by atoms with van der Waals surface area (Å²) in [5.74, 6) is -2.19. The van der Waals surface area contributed by atoms with E-state index in [1.165, 1.54) is 5.56 Å². The van der Waals surface area contributed by atoms with Crippen LogP contribution in [0.15, 0.2) is 36.4 Å². The van der Waals surface area contributed by atoms with Gasteiger partial charge in [-0.15, -0.1) is 0 Å². The van der Waals surface area contributed by atoms with Gasteiger partial charge in [-0.25, -0.2) is 0 Å². The van der Waals surface area contributed by atoms with E-state index in [2.05, 4.69) is 5.32 Å². The second-order valence-corrected chi connectivity index (χ2v) is 5.63. The third-order valence-corrected chi connectivity index (χ3v) is 4.02. The van der Waals surface area contributed by atoms with Crippen LogP contribution in [0.4, 0.5) is 0 Å². The third kappa shape index (κ3) is 3.72. The standard InChI is InChI=1S/C17H21NO3/c1-11-7-9-13(10-8-11)12(2)18-16(19)14-5-3-4-6-15(14)17(20)21/h3-4,7-10,12,14-15H,5-6H2,1-2H3,(H,18,19)(H,20,21). The number of carbonyl (C=O) groups is 2. The molecule has 1 aliphatic carbocycles. The Balaban J connectivity index is 2.04. The van der Waals surface area contributed by atoms with E-state index in [1.807, 2.05) is 50.3 Å². The lowest BCUT2D eigenvalue weighted by atomic mass is 9.82. The molecule has 21 heavy (non-hydrogen) atoms. The van der Waals surface area contributed by atoms with Crippen molar-refractivity contribution in [2.75, 3.05) is 0 Å². The first-order valence-corrected chi connectivity index (χ1v) is 7.23. The number of aryl methyl sites for hydroxylation is 1. The van der Waals surface area contributed by atoms with Gasteiger partial charge in [0.05, 0.1) is 17.9 Å². The highest BCUT2D eigenvalue weighted by molar-refractivity contribution is 5.85. The van der Waals surface area contributed by atoms with Gasteiger partial charge in [-0.1, -0.05) is 42.0 Å². The first-order valence-electron chi connectivity index (χ1n) is 7.23. The first-order chi connectivity index (χ1) is 9.99. The van der Waals surface area contributed by atoms with E-state index in [9.17, 15) is 14.7 Å². The van der Waals surface area contributed by atoms with Crippen LogP contribution in [0, 0.1) is 18.8 Å². The minimum absolute atomic E-state index is 0.126. The predicted octanol–water partition coefficient (Wildman–Crippen LogP) is 2.84. The maximum absolute atomic E-state index is 12.4. The lowest BCUT2D eigenvalue weighted by Gasteiger charge is -2.26. The predicted molar refractivity (Wildman–Crippen MR) is 80.7 cm³/mol. The van der Waals surface area contributed by atoms with E-state index in [0.717, 1.165) is 5.56 Å². The number of allylic oxidation sites excluding steroid dienone is 2. The Hall–Kier alpha value is -2.10. The number of hydrogen-bond acceptors (Lipinski definition) is 2. The van der Waals surface area contributed by atoms with Gasteiger partial charge in [-0.05, 0) is 32.3 Å². The number of benzene rings is 1. The summed E-state index contributed by atoms with van der Waals surface area (Å²) in [6.07, 6.45) is 4.64. The third-order valence-electron chi connectivity index (χ3n) is 4.02. The summed E-state index contributed by atoms with van der Waals surface area (Å²) in [4.78, 5) is 23.6. The maximum atomic E-state index is 12.4. The summed E-state index contributed by atoms with van der Waals surface area (Å²) in [5.41, 5.74) is 2.19. The van der Waals surface area contributed by atoms with Crippen molar-refractivity contribution in [2.45, 2.75) is 32.7 Å². The van der Waals surface area contributed by atoms with Crippen molar-refractivity contribution >= 4 is 11.9 Å². The molecule has 1 aliphatic rings. The summed E-state index contributed by atoms with van der Waals surface area (Å²) in [7, 11) is 0. The number of carbonyl (C=O) groups excluding carboxylic acids is 1. The number of carboxylic acids is 1. The van der Waals surface area contributed by atoms with Crippen molar-refractivity contribution < 1.29 is 14.7 Å². The SMILES string of the molecule is Cc1ccc(C(C)NC(=O)C2CC=CCC2C(=O)O)cc1. The van der Waals surface area contributed by atoms with E-state index in [1.54, 1.807) is 0 Å². The molecule has 0 saturated heterocycles. The average Bonchev–Trinajstić information content (AvgIpc) is 2.47. The van der Waals surface area contributed by atoms with E-state index in [-0.39, 0.29) is 11.9 Å². The minimum atomic E-state index is -0.900. The second kappa shape index (κ2) is 6.57. The van der Waals surface area contributed by atoms with Gasteiger partial charge in [0.2, 0.25) is 5.91 Å². The minimum Gasteiger partial charge on any atom is -0.481 e. The second-order valence-electron chi connectivity index (χ2n) is 5.63. The van der Waals surface area contributed by atoms with Crippen molar-refractivity contribution in [3.63, 3.8) is 0 Å². The molecule has 0 fully saturated rings. The molecule has 3 unspecified atom stereocenters. The molecule has 112 valence electrons. The zero-order chi connectivity index (χ0) is 15.4. The Bertz CT molecular complexity index is 548. The fourth-order valence-corrected chi connectivity index (χ4v) is 2.64. The summed E-state index contributed by atoms with van der Waals surface area (Å²) in [6.45, 7) is 3.93. The highest BCUT2D eigenvalue weighted by Gasteiger charge is 2.34. The van der Waals surface area contributed by atoms with Gasteiger partial charge in [-0.3, -0.25) is 9.59 Å². The molecule has 0 aromatic heterocycles. The molecular formula is C17H21NO3. The smallest absolute Gasteiger partial charge is 0.307 e.